The first kappa shape index (κ1) is 22.3. The van der Waals surface area contributed by atoms with E-state index in [1.54, 1.807) is 37.5 Å². The zero-order valence-electron chi connectivity index (χ0n) is 15.5. The molecule has 5 nitrogen and oxygen atoms in total. The van der Waals surface area contributed by atoms with Crippen LogP contribution in [-0.4, -0.2) is 29.8 Å². The Bertz CT molecular complexity index is 1010. The highest BCUT2D eigenvalue weighted by Gasteiger charge is 2.35. The van der Waals surface area contributed by atoms with E-state index >= 15 is 0 Å². The molecule has 2 amide bonds. The summed E-state index contributed by atoms with van der Waals surface area (Å²) in [6, 6.07) is 8.61. The number of benzene rings is 2. The van der Waals surface area contributed by atoms with E-state index in [-0.39, 0.29) is 17.7 Å². The zero-order chi connectivity index (χ0) is 21.1. The summed E-state index contributed by atoms with van der Waals surface area (Å²) in [5.41, 5.74) is 1.39. The Balaban J connectivity index is 1.87. The van der Waals surface area contributed by atoms with E-state index in [0.29, 0.717) is 38.6 Å². The first-order chi connectivity index (χ1) is 13.8. The predicted octanol–water partition coefficient (Wildman–Crippen LogP) is 6.24. The van der Waals surface area contributed by atoms with Gasteiger partial charge < -0.3 is 9.47 Å². The lowest BCUT2D eigenvalue weighted by molar-refractivity contribution is -0.123. The van der Waals surface area contributed by atoms with Crippen molar-refractivity contribution < 1.29 is 19.1 Å². The zero-order valence-corrected chi connectivity index (χ0v) is 20.0. The summed E-state index contributed by atoms with van der Waals surface area (Å²) in [6.07, 6.45) is 1.68. The Morgan fingerprint density at radius 2 is 1.97 bits per heavy atom. The van der Waals surface area contributed by atoms with Crippen LogP contribution in [0.15, 0.2) is 35.2 Å². The van der Waals surface area contributed by atoms with Crippen molar-refractivity contribution in [1.29, 1.82) is 0 Å². The SMILES string of the molecule is CCOc1c(I)cc(/C=C2\SC(=O)N(Cc3ccc(Cl)cc3Cl)C2=O)cc1OC. The highest BCUT2D eigenvalue weighted by Crippen LogP contribution is 2.38. The fourth-order valence-electron chi connectivity index (χ4n) is 2.72. The number of halogens is 3. The molecule has 3 rings (SSSR count). The van der Waals surface area contributed by atoms with Crippen molar-refractivity contribution >= 4 is 74.8 Å². The minimum absolute atomic E-state index is 0.0855. The fraction of sp³-hybridized carbons (Fsp3) is 0.200. The van der Waals surface area contributed by atoms with Crippen LogP contribution in [0, 0.1) is 3.57 Å². The quantitative estimate of drug-likeness (QED) is 0.307. The molecule has 1 fully saturated rings. The molecule has 0 aromatic heterocycles. The number of imide groups is 1. The summed E-state index contributed by atoms with van der Waals surface area (Å²) < 4.78 is 11.9. The second-order valence-electron chi connectivity index (χ2n) is 5.97. The van der Waals surface area contributed by atoms with Gasteiger partial charge in [-0.3, -0.25) is 14.5 Å². The molecule has 1 aliphatic heterocycles. The molecule has 0 atom stereocenters. The number of carbonyl (C=O) groups is 2. The number of methoxy groups -OCH3 is 1. The van der Waals surface area contributed by atoms with Crippen molar-refractivity contribution in [3.05, 3.63) is 60.0 Å². The summed E-state index contributed by atoms with van der Waals surface area (Å²) in [4.78, 5) is 26.7. The van der Waals surface area contributed by atoms with Gasteiger partial charge in [-0.2, -0.15) is 0 Å². The van der Waals surface area contributed by atoms with Crippen LogP contribution >= 0.6 is 57.6 Å². The number of nitrogens with zero attached hydrogens (tertiary/aromatic N) is 1. The van der Waals surface area contributed by atoms with Crippen molar-refractivity contribution in [2.75, 3.05) is 13.7 Å². The Hall–Kier alpha value is -1.42. The molecule has 0 N–H and O–H groups in total. The standard InChI is InChI=1S/C20H16Cl2INO4S/c1-3-28-18-15(23)6-11(7-16(18)27-2)8-17-19(25)24(20(26)29-17)10-12-4-5-13(21)9-14(12)22/h4-9H,3,10H2,1-2H3/b17-8-. The van der Waals surface area contributed by atoms with Crippen LogP contribution in [0.3, 0.4) is 0 Å². The lowest BCUT2D eigenvalue weighted by atomic mass is 10.1. The lowest BCUT2D eigenvalue weighted by Gasteiger charge is -2.14. The third-order valence-corrected chi connectivity index (χ3v) is 6.35. The molecule has 0 spiro atoms. The summed E-state index contributed by atoms with van der Waals surface area (Å²) in [5, 5.41) is 0.554. The summed E-state index contributed by atoms with van der Waals surface area (Å²) in [7, 11) is 1.56. The van der Waals surface area contributed by atoms with Gasteiger partial charge in [0, 0.05) is 10.0 Å². The van der Waals surface area contributed by atoms with Gasteiger partial charge in [0.05, 0.1) is 28.7 Å². The van der Waals surface area contributed by atoms with E-state index in [1.807, 2.05) is 13.0 Å². The second kappa shape index (κ2) is 9.59. The van der Waals surface area contributed by atoms with Gasteiger partial charge in [-0.25, -0.2) is 0 Å². The first-order valence-corrected chi connectivity index (χ1v) is 11.2. The highest BCUT2D eigenvalue weighted by molar-refractivity contribution is 14.1. The van der Waals surface area contributed by atoms with Crippen LogP contribution in [0.2, 0.25) is 10.0 Å². The molecule has 0 radical (unpaired) electrons. The normalized spacial score (nSPS) is 15.3. The number of carbonyl (C=O) groups excluding carboxylic acids is 2. The summed E-state index contributed by atoms with van der Waals surface area (Å²) in [5.74, 6) is 0.851. The number of rotatable bonds is 6. The van der Waals surface area contributed by atoms with E-state index in [2.05, 4.69) is 22.6 Å². The van der Waals surface area contributed by atoms with Gasteiger partial charge in [0.15, 0.2) is 11.5 Å². The van der Waals surface area contributed by atoms with Crippen LogP contribution in [0.1, 0.15) is 18.1 Å². The van der Waals surface area contributed by atoms with Gasteiger partial charge in [0.1, 0.15) is 0 Å². The van der Waals surface area contributed by atoms with Crippen LogP contribution in [0.4, 0.5) is 4.79 Å². The van der Waals surface area contributed by atoms with Gasteiger partial charge in [-0.15, -0.1) is 0 Å². The van der Waals surface area contributed by atoms with Crippen LogP contribution < -0.4 is 9.47 Å². The first-order valence-electron chi connectivity index (χ1n) is 8.53. The minimum atomic E-state index is -0.367. The van der Waals surface area contributed by atoms with Crippen molar-refractivity contribution in [3.8, 4) is 11.5 Å². The van der Waals surface area contributed by atoms with E-state index in [0.717, 1.165) is 20.9 Å². The number of ether oxygens (including phenoxy) is 2. The third-order valence-electron chi connectivity index (χ3n) is 4.06. The molecule has 0 unspecified atom stereocenters. The molecule has 9 heteroatoms. The molecule has 1 aliphatic rings. The Morgan fingerprint density at radius 3 is 2.62 bits per heavy atom. The van der Waals surface area contributed by atoms with Gasteiger partial charge >= 0.3 is 0 Å². The summed E-state index contributed by atoms with van der Waals surface area (Å²) >= 11 is 15.1. The largest absolute Gasteiger partial charge is 0.493 e. The Labute approximate surface area is 196 Å². The maximum atomic E-state index is 12.8. The predicted molar refractivity (Wildman–Crippen MR) is 125 cm³/mol. The monoisotopic (exact) mass is 563 g/mol. The van der Waals surface area contributed by atoms with Crippen molar-refractivity contribution in [1.82, 2.24) is 4.90 Å². The minimum Gasteiger partial charge on any atom is -0.493 e. The molecule has 29 heavy (non-hydrogen) atoms. The van der Waals surface area contributed by atoms with Gasteiger partial charge in [0.25, 0.3) is 11.1 Å². The number of hydrogen-bond acceptors (Lipinski definition) is 5. The topological polar surface area (TPSA) is 55.8 Å². The van der Waals surface area contributed by atoms with Gasteiger partial charge in [0.2, 0.25) is 0 Å². The van der Waals surface area contributed by atoms with Crippen LogP contribution in [0.5, 0.6) is 11.5 Å². The molecular weight excluding hydrogens is 548 g/mol. The van der Waals surface area contributed by atoms with Gasteiger partial charge in [-0.1, -0.05) is 29.3 Å². The lowest BCUT2D eigenvalue weighted by Crippen LogP contribution is -2.27. The average molecular weight is 564 g/mol. The van der Waals surface area contributed by atoms with Crippen LogP contribution in [0.25, 0.3) is 6.08 Å². The smallest absolute Gasteiger partial charge is 0.293 e. The maximum absolute atomic E-state index is 12.8. The average Bonchev–Trinajstić information content (AvgIpc) is 2.93. The second-order valence-corrected chi connectivity index (χ2v) is 8.97. The van der Waals surface area contributed by atoms with Crippen molar-refractivity contribution in [2.24, 2.45) is 0 Å². The molecule has 2 aromatic rings. The summed E-state index contributed by atoms with van der Waals surface area (Å²) in [6.45, 7) is 2.49. The van der Waals surface area contributed by atoms with E-state index in [4.69, 9.17) is 32.7 Å². The number of hydrogen-bond donors (Lipinski definition) is 0. The molecule has 0 aliphatic carbocycles. The molecule has 0 bridgehead atoms. The number of amides is 2. The molecule has 0 saturated carbocycles. The molecular formula is C20H16Cl2INO4S. The third kappa shape index (κ3) is 5.02. The van der Waals surface area contributed by atoms with Crippen molar-refractivity contribution in [3.63, 3.8) is 0 Å². The molecule has 1 saturated heterocycles. The van der Waals surface area contributed by atoms with Gasteiger partial charge in [-0.05, 0) is 82.7 Å². The van der Waals surface area contributed by atoms with Crippen LogP contribution in [-0.2, 0) is 11.3 Å². The number of thioether (sulfide) groups is 1. The van der Waals surface area contributed by atoms with E-state index in [1.165, 1.54) is 4.90 Å². The van der Waals surface area contributed by atoms with Crippen molar-refractivity contribution in [2.45, 2.75) is 13.5 Å². The Morgan fingerprint density at radius 1 is 1.21 bits per heavy atom. The van der Waals surface area contributed by atoms with E-state index in [9.17, 15) is 9.59 Å². The Kier molecular flexibility index (Phi) is 7.37. The van der Waals surface area contributed by atoms with E-state index < -0.39 is 0 Å². The molecule has 1 heterocycles. The molecule has 2 aromatic carbocycles. The highest BCUT2D eigenvalue weighted by atomic mass is 127. The molecule has 152 valence electrons. The fourth-order valence-corrected chi connectivity index (χ4v) is 4.80. The maximum Gasteiger partial charge on any atom is 0.293 e.